The fourth-order valence-corrected chi connectivity index (χ4v) is 4.83. The van der Waals surface area contributed by atoms with Gasteiger partial charge in [-0.1, -0.05) is 30.2 Å². The molecule has 1 aromatic carbocycles. The van der Waals surface area contributed by atoms with Gasteiger partial charge in [-0.2, -0.15) is 0 Å². The molecular formula is C26H25N5O7. The Morgan fingerprint density at radius 3 is 2.84 bits per heavy atom. The van der Waals surface area contributed by atoms with Crippen LogP contribution in [0.5, 0.6) is 0 Å². The number of carbonyl (C=O) groups is 2. The first-order valence-corrected chi connectivity index (χ1v) is 12.2. The average molecular weight is 520 g/mol. The molecule has 196 valence electrons. The number of esters is 2. The fraction of sp³-hybridized carbons (Fsp3) is 0.385. The minimum Gasteiger partial charge on any atom is -0.457 e. The van der Waals surface area contributed by atoms with E-state index >= 15 is 0 Å². The van der Waals surface area contributed by atoms with Gasteiger partial charge in [0, 0.05) is 28.0 Å². The third-order valence-corrected chi connectivity index (χ3v) is 6.66. The van der Waals surface area contributed by atoms with Gasteiger partial charge in [-0.05, 0) is 30.2 Å². The Balaban J connectivity index is 1.40. The van der Waals surface area contributed by atoms with Crippen molar-refractivity contribution in [3.8, 4) is 11.4 Å². The number of ether oxygens (including phenoxy) is 4. The van der Waals surface area contributed by atoms with Crippen LogP contribution in [0.4, 0.5) is 0 Å². The SMILES string of the molecule is CC[C@@]1(OC(=O)COCCOCCN=[N+]=[N-])C(=O)OCc2c1cc1n(c2=O)Cc2cc3ccccc3nc2-1. The number of para-hydroxylation sites is 1. The monoisotopic (exact) mass is 519 g/mol. The maximum atomic E-state index is 13.5. The number of rotatable bonds is 10. The number of pyridine rings is 2. The normalized spacial score (nSPS) is 17.2. The third kappa shape index (κ3) is 4.49. The summed E-state index contributed by atoms with van der Waals surface area (Å²) in [6, 6.07) is 11.4. The van der Waals surface area contributed by atoms with Crippen molar-refractivity contribution in [1.29, 1.82) is 0 Å². The quantitative estimate of drug-likeness (QED) is 0.102. The van der Waals surface area contributed by atoms with Gasteiger partial charge in [0.2, 0.25) is 5.60 Å². The first-order chi connectivity index (χ1) is 18.5. The van der Waals surface area contributed by atoms with Crippen LogP contribution in [0.25, 0.3) is 32.7 Å². The van der Waals surface area contributed by atoms with E-state index in [0.717, 1.165) is 16.5 Å². The van der Waals surface area contributed by atoms with Crippen LogP contribution < -0.4 is 5.56 Å². The molecule has 2 aliphatic heterocycles. The van der Waals surface area contributed by atoms with Gasteiger partial charge in [0.1, 0.15) is 13.2 Å². The van der Waals surface area contributed by atoms with Crippen LogP contribution in [0.1, 0.15) is 30.0 Å². The molecule has 0 saturated heterocycles. The van der Waals surface area contributed by atoms with E-state index in [4.69, 9.17) is 29.5 Å². The van der Waals surface area contributed by atoms with Gasteiger partial charge in [0.25, 0.3) is 5.56 Å². The van der Waals surface area contributed by atoms with E-state index in [2.05, 4.69) is 10.0 Å². The maximum absolute atomic E-state index is 13.5. The Bertz CT molecular complexity index is 1530. The fourth-order valence-electron chi connectivity index (χ4n) is 4.83. The van der Waals surface area contributed by atoms with Crippen LogP contribution in [-0.2, 0) is 47.3 Å². The molecule has 0 saturated carbocycles. The van der Waals surface area contributed by atoms with Crippen molar-refractivity contribution in [2.75, 3.05) is 33.0 Å². The van der Waals surface area contributed by atoms with Gasteiger partial charge in [0.05, 0.1) is 48.8 Å². The van der Waals surface area contributed by atoms with Crippen LogP contribution in [0, 0.1) is 0 Å². The zero-order valence-electron chi connectivity index (χ0n) is 20.7. The molecule has 5 rings (SSSR count). The second kappa shape index (κ2) is 10.6. The van der Waals surface area contributed by atoms with Gasteiger partial charge >= 0.3 is 11.9 Å². The highest BCUT2D eigenvalue weighted by Gasteiger charge is 2.50. The molecule has 0 N–H and O–H groups in total. The van der Waals surface area contributed by atoms with Gasteiger partial charge in [-0.3, -0.25) is 4.79 Å². The van der Waals surface area contributed by atoms with Crippen molar-refractivity contribution in [3.05, 3.63) is 73.9 Å². The highest BCUT2D eigenvalue weighted by atomic mass is 16.6. The summed E-state index contributed by atoms with van der Waals surface area (Å²) < 4.78 is 23.2. The minimum absolute atomic E-state index is 0.0635. The smallest absolute Gasteiger partial charge is 0.355 e. The van der Waals surface area contributed by atoms with Gasteiger partial charge in [-0.15, -0.1) is 0 Å². The number of nitrogens with zero attached hydrogens (tertiary/aromatic N) is 5. The lowest BCUT2D eigenvalue weighted by molar-refractivity contribution is -0.192. The Hall–Kier alpha value is -4.25. The zero-order chi connectivity index (χ0) is 26.7. The Labute approximate surface area is 216 Å². The lowest BCUT2D eigenvalue weighted by atomic mass is 9.85. The van der Waals surface area contributed by atoms with Crippen LogP contribution in [0.2, 0.25) is 0 Å². The lowest BCUT2D eigenvalue weighted by Gasteiger charge is -2.35. The predicted molar refractivity (Wildman–Crippen MR) is 134 cm³/mol. The number of hydrogen-bond acceptors (Lipinski definition) is 9. The topological polar surface area (TPSA) is 155 Å². The summed E-state index contributed by atoms with van der Waals surface area (Å²) in [5, 5.41) is 4.31. The molecule has 0 spiro atoms. The van der Waals surface area contributed by atoms with Crippen LogP contribution >= 0.6 is 0 Å². The first kappa shape index (κ1) is 25.4. The van der Waals surface area contributed by atoms with Crippen molar-refractivity contribution in [1.82, 2.24) is 9.55 Å². The number of fused-ring (bicyclic) bond motifs is 5. The van der Waals surface area contributed by atoms with Gasteiger partial charge in [0.15, 0.2) is 0 Å². The van der Waals surface area contributed by atoms with Crippen molar-refractivity contribution < 1.29 is 28.5 Å². The molecule has 0 aliphatic carbocycles. The summed E-state index contributed by atoms with van der Waals surface area (Å²) in [7, 11) is 0. The largest absolute Gasteiger partial charge is 0.457 e. The minimum atomic E-state index is -1.78. The van der Waals surface area contributed by atoms with Crippen molar-refractivity contribution in [2.24, 2.45) is 5.11 Å². The van der Waals surface area contributed by atoms with Crippen LogP contribution in [-0.4, -0.2) is 54.5 Å². The summed E-state index contributed by atoms with van der Waals surface area (Å²) >= 11 is 0. The molecular weight excluding hydrogens is 494 g/mol. The highest BCUT2D eigenvalue weighted by molar-refractivity contribution is 5.88. The molecule has 12 nitrogen and oxygen atoms in total. The molecule has 1 atom stereocenters. The standard InChI is InChI=1S/C26H25N5O7/c1-2-26(38-22(32)15-36-10-9-35-8-7-28-30-27)19-12-21-23-17(11-16-5-3-4-6-20(16)29-23)13-31(21)24(33)18(19)14-37-25(26)34/h3-6,11-12H,2,7-10,13-15H2,1H3/t26-/m0/s1. The van der Waals surface area contributed by atoms with E-state index in [-0.39, 0.29) is 50.5 Å². The van der Waals surface area contributed by atoms with Crippen LogP contribution in [0.15, 0.2) is 46.3 Å². The van der Waals surface area contributed by atoms with E-state index in [9.17, 15) is 14.4 Å². The van der Waals surface area contributed by atoms with E-state index in [1.54, 1.807) is 17.6 Å². The molecule has 0 bridgehead atoms. The van der Waals surface area contributed by atoms with E-state index in [1.165, 1.54) is 0 Å². The van der Waals surface area contributed by atoms with Crippen molar-refractivity contribution in [2.45, 2.75) is 32.1 Å². The van der Waals surface area contributed by atoms with Crippen molar-refractivity contribution in [3.63, 3.8) is 0 Å². The number of hydrogen-bond donors (Lipinski definition) is 0. The predicted octanol–water partition coefficient (Wildman–Crippen LogP) is 2.97. The van der Waals surface area contributed by atoms with Crippen molar-refractivity contribution >= 4 is 22.8 Å². The summed E-state index contributed by atoms with van der Waals surface area (Å²) in [5.41, 5.74) is 9.63. The number of cyclic esters (lactones) is 1. The summed E-state index contributed by atoms with van der Waals surface area (Å²) in [6.07, 6.45) is 0.0635. The summed E-state index contributed by atoms with van der Waals surface area (Å²) in [6.45, 7) is 2.10. The molecule has 4 heterocycles. The van der Waals surface area contributed by atoms with Gasteiger partial charge in [-0.25, -0.2) is 14.6 Å². The first-order valence-electron chi connectivity index (χ1n) is 12.2. The van der Waals surface area contributed by atoms with Gasteiger partial charge < -0.3 is 23.5 Å². The Kier molecular flexibility index (Phi) is 7.10. The molecule has 38 heavy (non-hydrogen) atoms. The summed E-state index contributed by atoms with van der Waals surface area (Å²) in [5.74, 6) is -1.52. The lowest BCUT2D eigenvalue weighted by Crippen LogP contribution is -2.48. The zero-order valence-corrected chi connectivity index (χ0v) is 20.7. The number of aromatic nitrogens is 2. The molecule has 12 heteroatoms. The Morgan fingerprint density at radius 1 is 1.21 bits per heavy atom. The number of benzene rings is 1. The van der Waals surface area contributed by atoms with E-state index < -0.39 is 24.1 Å². The van der Waals surface area contributed by atoms with E-state index in [0.29, 0.717) is 23.5 Å². The molecule has 0 radical (unpaired) electrons. The molecule has 0 amide bonds. The molecule has 0 fully saturated rings. The second-order valence-electron chi connectivity index (χ2n) is 8.85. The third-order valence-electron chi connectivity index (χ3n) is 6.66. The molecule has 2 aromatic heterocycles. The second-order valence-corrected chi connectivity index (χ2v) is 8.85. The van der Waals surface area contributed by atoms with E-state index in [1.807, 2.05) is 30.3 Å². The maximum Gasteiger partial charge on any atom is 0.355 e. The average Bonchev–Trinajstić information content (AvgIpc) is 3.28. The summed E-state index contributed by atoms with van der Waals surface area (Å²) in [4.78, 5) is 46.7. The molecule has 2 aliphatic rings. The van der Waals surface area contributed by atoms with Crippen LogP contribution in [0.3, 0.4) is 0 Å². The highest BCUT2D eigenvalue weighted by Crippen LogP contribution is 2.40. The molecule has 0 unspecified atom stereocenters. The molecule has 3 aromatic rings. The number of carbonyl (C=O) groups excluding carboxylic acids is 2. The number of azide groups is 1. The Morgan fingerprint density at radius 2 is 2.03 bits per heavy atom.